The first kappa shape index (κ1) is 13.4. The maximum atomic E-state index is 10.7. The summed E-state index contributed by atoms with van der Waals surface area (Å²) in [7, 11) is 0. The van der Waals surface area contributed by atoms with Gasteiger partial charge in [-0.25, -0.2) is 0 Å². The Labute approximate surface area is 112 Å². The van der Waals surface area contributed by atoms with Gasteiger partial charge in [-0.3, -0.25) is 4.79 Å². The second kappa shape index (κ2) is 6.21. The summed E-state index contributed by atoms with van der Waals surface area (Å²) in [6.45, 7) is 1.94. The molecule has 1 unspecified atom stereocenters. The van der Waals surface area contributed by atoms with Gasteiger partial charge < -0.3 is 14.7 Å². The van der Waals surface area contributed by atoms with Crippen molar-refractivity contribution in [3.63, 3.8) is 0 Å². The lowest BCUT2D eigenvalue weighted by atomic mass is 10.1. The number of morpholine rings is 1. The zero-order chi connectivity index (χ0) is 13.7. The first-order chi connectivity index (χ1) is 9.20. The highest BCUT2D eigenvalue weighted by Gasteiger charge is 2.23. The van der Waals surface area contributed by atoms with Gasteiger partial charge in [0.05, 0.1) is 30.9 Å². The van der Waals surface area contributed by atoms with Crippen LogP contribution in [0.5, 0.6) is 0 Å². The molecule has 5 heteroatoms. The molecule has 2 rings (SSSR count). The molecule has 0 spiro atoms. The third kappa shape index (κ3) is 3.46. The Kier molecular flexibility index (Phi) is 4.37. The molecular formula is C14H16N2O3. The zero-order valence-electron chi connectivity index (χ0n) is 10.6. The van der Waals surface area contributed by atoms with Crippen LogP contribution in [0.15, 0.2) is 24.3 Å². The lowest BCUT2D eigenvalue weighted by molar-refractivity contribution is -0.137. The fourth-order valence-electron chi connectivity index (χ4n) is 2.25. The van der Waals surface area contributed by atoms with E-state index in [1.165, 1.54) is 0 Å². The molecule has 0 aromatic heterocycles. The minimum atomic E-state index is -0.787. The molecule has 0 aliphatic carbocycles. The molecule has 0 radical (unpaired) electrons. The van der Waals surface area contributed by atoms with Gasteiger partial charge in [0.2, 0.25) is 0 Å². The van der Waals surface area contributed by atoms with Crippen molar-refractivity contribution in [1.82, 2.24) is 0 Å². The van der Waals surface area contributed by atoms with E-state index >= 15 is 0 Å². The maximum absolute atomic E-state index is 10.7. The fraction of sp³-hybridized carbons (Fsp3) is 0.429. The number of rotatable bonds is 4. The lowest BCUT2D eigenvalue weighted by Crippen LogP contribution is -2.45. The average molecular weight is 260 g/mol. The van der Waals surface area contributed by atoms with Crippen LogP contribution in [-0.4, -0.2) is 36.9 Å². The standard InChI is InChI=1S/C14H16N2O3/c15-9-11-1-3-12(4-2-11)16-7-8-19-10-13(16)5-6-14(17)18/h1-4,13H,5-8,10H2,(H,17,18). The van der Waals surface area contributed by atoms with Crippen LogP contribution in [0.4, 0.5) is 5.69 Å². The molecule has 1 heterocycles. The van der Waals surface area contributed by atoms with Gasteiger partial charge in [-0.2, -0.15) is 5.26 Å². The van der Waals surface area contributed by atoms with Gasteiger partial charge in [0.1, 0.15) is 0 Å². The Balaban J connectivity index is 2.09. The average Bonchev–Trinajstić information content (AvgIpc) is 2.45. The van der Waals surface area contributed by atoms with Crippen molar-refractivity contribution < 1.29 is 14.6 Å². The molecule has 0 saturated carbocycles. The van der Waals surface area contributed by atoms with E-state index in [9.17, 15) is 4.79 Å². The molecule has 0 amide bonds. The summed E-state index contributed by atoms with van der Waals surface area (Å²) in [5.74, 6) is -0.787. The monoisotopic (exact) mass is 260 g/mol. The summed E-state index contributed by atoms with van der Waals surface area (Å²) in [5, 5.41) is 17.6. The third-order valence-corrected chi connectivity index (χ3v) is 3.25. The highest BCUT2D eigenvalue weighted by atomic mass is 16.5. The second-order valence-corrected chi connectivity index (χ2v) is 4.51. The van der Waals surface area contributed by atoms with E-state index < -0.39 is 5.97 Å². The highest BCUT2D eigenvalue weighted by Crippen LogP contribution is 2.22. The first-order valence-corrected chi connectivity index (χ1v) is 6.27. The van der Waals surface area contributed by atoms with Gasteiger partial charge in [-0.05, 0) is 30.7 Å². The predicted octanol–water partition coefficient (Wildman–Crippen LogP) is 1.63. The van der Waals surface area contributed by atoms with Crippen LogP contribution in [0.1, 0.15) is 18.4 Å². The molecule has 19 heavy (non-hydrogen) atoms. The number of carboxylic acid groups (broad SMARTS) is 1. The molecular weight excluding hydrogens is 244 g/mol. The molecule has 1 aromatic carbocycles. The normalized spacial score (nSPS) is 18.9. The van der Waals surface area contributed by atoms with Crippen LogP contribution in [0.2, 0.25) is 0 Å². The summed E-state index contributed by atoms with van der Waals surface area (Å²) in [6, 6.07) is 9.52. The van der Waals surface area contributed by atoms with E-state index in [4.69, 9.17) is 15.1 Å². The number of nitriles is 1. The number of benzene rings is 1. The van der Waals surface area contributed by atoms with Gasteiger partial charge in [-0.1, -0.05) is 0 Å². The number of anilines is 1. The van der Waals surface area contributed by atoms with Crippen molar-refractivity contribution in [3.8, 4) is 6.07 Å². The number of nitrogens with zero attached hydrogens (tertiary/aromatic N) is 2. The van der Waals surface area contributed by atoms with Crippen LogP contribution in [0.3, 0.4) is 0 Å². The summed E-state index contributed by atoms with van der Waals surface area (Å²) < 4.78 is 5.42. The van der Waals surface area contributed by atoms with E-state index in [1.807, 2.05) is 12.1 Å². The Morgan fingerprint density at radius 3 is 2.84 bits per heavy atom. The zero-order valence-corrected chi connectivity index (χ0v) is 10.6. The number of hydrogen-bond donors (Lipinski definition) is 1. The van der Waals surface area contributed by atoms with Crippen molar-refractivity contribution in [3.05, 3.63) is 29.8 Å². The number of carbonyl (C=O) groups is 1. The molecule has 1 N–H and O–H groups in total. The van der Waals surface area contributed by atoms with Crippen LogP contribution >= 0.6 is 0 Å². The topological polar surface area (TPSA) is 73.6 Å². The summed E-state index contributed by atoms with van der Waals surface area (Å²) >= 11 is 0. The fourth-order valence-corrected chi connectivity index (χ4v) is 2.25. The van der Waals surface area contributed by atoms with E-state index in [2.05, 4.69) is 11.0 Å². The van der Waals surface area contributed by atoms with E-state index in [-0.39, 0.29) is 12.5 Å². The minimum Gasteiger partial charge on any atom is -0.481 e. The predicted molar refractivity (Wildman–Crippen MR) is 70.0 cm³/mol. The van der Waals surface area contributed by atoms with E-state index in [0.717, 1.165) is 12.2 Å². The lowest BCUT2D eigenvalue weighted by Gasteiger charge is -2.37. The number of aliphatic carboxylic acids is 1. The maximum Gasteiger partial charge on any atom is 0.303 e. The largest absolute Gasteiger partial charge is 0.481 e. The van der Waals surface area contributed by atoms with Crippen LogP contribution in [0.25, 0.3) is 0 Å². The Hall–Kier alpha value is -2.06. The van der Waals surface area contributed by atoms with Gasteiger partial charge in [0.15, 0.2) is 0 Å². The van der Waals surface area contributed by atoms with Gasteiger partial charge in [0, 0.05) is 18.7 Å². The van der Waals surface area contributed by atoms with Crippen molar-refractivity contribution >= 4 is 11.7 Å². The first-order valence-electron chi connectivity index (χ1n) is 6.27. The van der Waals surface area contributed by atoms with Gasteiger partial charge >= 0.3 is 5.97 Å². The Morgan fingerprint density at radius 2 is 2.21 bits per heavy atom. The molecule has 1 saturated heterocycles. The summed E-state index contributed by atoms with van der Waals surface area (Å²) in [6.07, 6.45) is 0.705. The Bertz CT molecular complexity index is 478. The van der Waals surface area contributed by atoms with E-state index in [1.54, 1.807) is 12.1 Å². The molecule has 100 valence electrons. The Morgan fingerprint density at radius 1 is 1.47 bits per heavy atom. The summed E-state index contributed by atoms with van der Waals surface area (Å²) in [5.41, 5.74) is 1.64. The SMILES string of the molecule is N#Cc1ccc(N2CCOCC2CCC(=O)O)cc1. The third-order valence-electron chi connectivity index (χ3n) is 3.25. The van der Waals surface area contributed by atoms with Crippen molar-refractivity contribution in [2.24, 2.45) is 0 Å². The van der Waals surface area contributed by atoms with Crippen molar-refractivity contribution in [2.75, 3.05) is 24.7 Å². The quantitative estimate of drug-likeness (QED) is 0.890. The van der Waals surface area contributed by atoms with E-state index in [0.29, 0.717) is 25.2 Å². The van der Waals surface area contributed by atoms with Crippen molar-refractivity contribution in [1.29, 1.82) is 5.26 Å². The molecule has 1 fully saturated rings. The summed E-state index contributed by atoms with van der Waals surface area (Å²) in [4.78, 5) is 12.8. The number of hydrogen-bond acceptors (Lipinski definition) is 4. The second-order valence-electron chi connectivity index (χ2n) is 4.51. The van der Waals surface area contributed by atoms with Crippen LogP contribution in [0, 0.1) is 11.3 Å². The molecule has 5 nitrogen and oxygen atoms in total. The number of carboxylic acids is 1. The highest BCUT2D eigenvalue weighted by molar-refractivity contribution is 5.66. The molecule has 0 bridgehead atoms. The van der Waals surface area contributed by atoms with Gasteiger partial charge in [0.25, 0.3) is 0 Å². The van der Waals surface area contributed by atoms with Crippen LogP contribution in [-0.2, 0) is 9.53 Å². The molecule has 1 aromatic rings. The molecule has 1 atom stereocenters. The van der Waals surface area contributed by atoms with Crippen LogP contribution < -0.4 is 4.90 Å². The minimum absolute atomic E-state index is 0.0813. The van der Waals surface area contributed by atoms with Crippen molar-refractivity contribution in [2.45, 2.75) is 18.9 Å². The smallest absolute Gasteiger partial charge is 0.303 e. The molecule has 1 aliphatic heterocycles. The molecule has 1 aliphatic rings. The number of ether oxygens (including phenoxy) is 1. The van der Waals surface area contributed by atoms with Gasteiger partial charge in [-0.15, -0.1) is 0 Å².